The van der Waals surface area contributed by atoms with Crippen molar-refractivity contribution in [3.8, 4) is 0 Å². The zero-order valence-corrected chi connectivity index (χ0v) is 15.1. The Morgan fingerprint density at radius 3 is 2.12 bits per heavy atom. The molecule has 24 heavy (non-hydrogen) atoms. The highest BCUT2D eigenvalue weighted by atomic mass is 35.5. The standard InChI is InChI=1S/C17H25ClN4O2/c1-12(2)19-16(23)13(3)20-17(24)22-10-8-21(9-11-22)15-6-4-14(18)5-7-15/h4-7,12-13H,8-11H2,1-3H3,(H,19,23)(H,20,24)/t13-/m1/s1. The topological polar surface area (TPSA) is 64.7 Å². The molecule has 1 heterocycles. The van der Waals surface area contributed by atoms with Crippen molar-refractivity contribution in [2.75, 3.05) is 31.1 Å². The van der Waals surface area contributed by atoms with Gasteiger partial charge < -0.3 is 20.4 Å². The molecule has 1 aromatic carbocycles. The first-order valence-electron chi connectivity index (χ1n) is 8.23. The fourth-order valence-electron chi connectivity index (χ4n) is 2.57. The van der Waals surface area contributed by atoms with Crippen LogP contribution >= 0.6 is 11.6 Å². The van der Waals surface area contributed by atoms with Crippen LogP contribution < -0.4 is 15.5 Å². The van der Waals surface area contributed by atoms with Gasteiger partial charge in [-0.2, -0.15) is 0 Å². The minimum absolute atomic E-state index is 0.0553. The highest BCUT2D eigenvalue weighted by Gasteiger charge is 2.24. The van der Waals surface area contributed by atoms with Crippen LogP contribution in [0.4, 0.5) is 10.5 Å². The first-order chi connectivity index (χ1) is 11.4. The molecule has 3 amide bonds. The van der Waals surface area contributed by atoms with E-state index in [1.807, 2.05) is 38.1 Å². The summed E-state index contributed by atoms with van der Waals surface area (Å²) in [6.07, 6.45) is 0. The summed E-state index contributed by atoms with van der Waals surface area (Å²) in [6.45, 7) is 8.22. The minimum atomic E-state index is -0.547. The van der Waals surface area contributed by atoms with Gasteiger partial charge in [-0.15, -0.1) is 0 Å². The highest BCUT2D eigenvalue weighted by Crippen LogP contribution is 2.19. The summed E-state index contributed by atoms with van der Waals surface area (Å²) in [5, 5.41) is 6.26. The van der Waals surface area contributed by atoms with E-state index in [2.05, 4.69) is 15.5 Å². The number of hydrogen-bond donors (Lipinski definition) is 2. The van der Waals surface area contributed by atoms with Gasteiger partial charge >= 0.3 is 6.03 Å². The average Bonchev–Trinajstić information content (AvgIpc) is 2.55. The summed E-state index contributed by atoms with van der Waals surface area (Å²) in [5.41, 5.74) is 1.10. The number of anilines is 1. The largest absolute Gasteiger partial charge is 0.368 e. The van der Waals surface area contributed by atoms with Gasteiger partial charge in [0.25, 0.3) is 0 Å². The molecule has 1 atom stereocenters. The molecule has 0 spiro atoms. The molecule has 0 bridgehead atoms. The molecule has 0 radical (unpaired) electrons. The van der Waals surface area contributed by atoms with Crippen LogP contribution in [0.5, 0.6) is 0 Å². The molecule has 0 aliphatic carbocycles. The van der Waals surface area contributed by atoms with Crippen LogP contribution in [0.3, 0.4) is 0 Å². The maximum absolute atomic E-state index is 12.3. The van der Waals surface area contributed by atoms with E-state index in [-0.39, 0.29) is 18.0 Å². The van der Waals surface area contributed by atoms with Gasteiger partial charge in [-0.1, -0.05) is 11.6 Å². The first-order valence-corrected chi connectivity index (χ1v) is 8.61. The van der Waals surface area contributed by atoms with E-state index >= 15 is 0 Å². The molecule has 1 fully saturated rings. The second kappa shape index (κ2) is 8.24. The van der Waals surface area contributed by atoms with E-state index < -0.39 is 6.04 Å². The second-order valence-electron chi connectivity index (χ2n) is 6.28. The maximum Gasteiger partial charge on any atom is 0.318 e. The third kappa shape index (κ3) is 5.03. The summed E-state index contributed by atoms with van der Waals surface area (Å²) in [4.78, 5) is 28.1. The molecule has 1 saturated heterocycles. The Labute approximate surface area is 148 Å². The molecule has 2 rings (SSSR count). The smallest absolute Gasteiger partial charge is 0.318 e. The maximum atomic E-state index is 12.3. The summed E-state index contributed by atoms with van der Waals surface area (Å²) in [6, 6.07) is 7.01. The lowest BCUT2D eigenvalue weighted by atomic mass is 10.2. The fraction of sp³-hybridized carbons (Fsp3) is 0.529. The predicted octanol–water partition coefficient (Wildman–Crippen LogP) is 2.08. The van der Waals surface area contributed by atoms with Crippen molar-refractivity contribution < 1.29 is 9.59 Å². The van der Waals surface area contributed by atoms with Crippen molar-refractivity contribution >= 4 is 29.2 Å². The summed E-state index contributed by atoms with van der Waals surface area (Å²) >= 11 is 5.91. The quantitative estimate of drug-likeness (QED) is 0.872. The van der Waals surface area contributed by atoms with Crippen molar-refractivity contribution in [2.45, 2.75) is 32.9 Å². The number of urea groups is 1. The van der Waals surface area contributed by atoms with Gasteiger partial charge in [-0.3, -0.25) is 4.79 Å². The molecule has 0 aromatic heterocycles. The van der Waals surface area contributed by atoms with Gasteiger partial charge in [0, 0.05) is 42.9 Å². The molecule has 1 aromatic rings. The predicted molar refractivity (Wildman–Crippen MR) is 96.5 cm³/mol. The van der Waals surface area contributed by atoms with E-state index in [0.717, 1.165) is 18.8 Å². The molecule has 1 aliphatic rings. The van der Waals surface area contributed by atoms with Crippen LogP contribution in [0.2, 0.25) is 5.02 Å². The second-order valence-corrected chi connectivity index (χ2v) is 6.72. The van der Waals surface area contributed by atoms with Crippen LogP contribution in [-0.4, -0.2) is 55.1 Å². The van der Waals surface area contributed by atoms with Crippen molar-refractivity contribution in [3.05, 3.63) is 29.3 Å². The Morgan fingerprint density at radius 2 is 1.58 bits per heavy atom. The van der Waals surface area contributed by atoms with Gasteiger partial charge in [0.15, 0.2) is 0 Å². The number of rotatable bonds is 4. The summed E-state index contributed by atoms with van der Waals surface area (Å²) in [5.74, 6) is -0.168. The van der Waals surface area contributed by atoms with Crippen LogP contribution in [0, 0.1) is 0 Å². The molecule has 6 nitrogen and oxygen atoms in total. The van der Waals surface area contributed by atoms with E-state index in [1.165, 1.54) is 0 Å². The van der Waals surface area contributed by atoms with Crippen molar-refractivity contribution in [1.82, 2.24) is 15.5 Å². The Hall–Kier alpha value is -1.95. The fourth-order valence-corrected chi connectivity index (χ4v) is 2.70. The number of carbonyl (C=O) groups excluding carboxylic acids is 2. The van der Waals surface area contributed by atoms with Crippen LogP contribution in [0.15, 0.2) is 24.3 Å². The number of hydrogen-bond acceptors (Lipinski definition) is 3. The Bertz CT molecular complexity index is 568. The molecule has 1 aliphatic heterocycles. The van der Waals surface area contributed by atoms with E-state index in [1.54, 1.807) is 11.8 Å². The van der Waals surface area contributed by atoms with Crippen molar-refractivity contribution in [3.63, 3.8) is 0 Å². The molecule has 0 saturated carbocycles. The van der Waals surface area contributed by atoms with Gasteiger partial charge in [-0.25, -0.2) is 4.79 Å². The van der Waals surface area contributed by atoms with Crippen LogP contribution in [-0.2, 0) is 4.79 Å². The van der Waals surface area contributed by atoms with E-state index in [9.17, 15) is 9.59 Å². The molecule has 132 valence electrons. The molecule has 2 N–H and O–H groups in total. The Morgan fingerprint density at radius 1 is 1.00 bits per heavy atom. The normalized spacial score (nSPS) is 16.0. The number of amides is 3. The van der Waals surface area contributed by atoms with Crippen LogP contribution in [0.25, 0.3) is 0 Å². The van der Waals surface area contributed by atoms with E-state index in [4.69, 9.17) is 11.6 Å². The van der Waals surface area contributed by atoms with Crippen molar-refractivity contribution in [2.24, 2.45) is 0 Å². The van der Waals surface area contributed by atoms with E-state index in [0.29, 0.717) is 18.1 Å². The lowest BCUT2D eigenvalue weighted by Gasteiger charge is -2.36. The number of benzene rings is 1. The molecule has 0 unspecified atom stereocenters. The Balaban J connectivity index is 1.82. The lowest BCUT2D eigenvalue weighted by molar-refractivity contribution is -0.123. The van der Waals surface area contributed by atoms with Gasteiger partial charge in [0.05, 0.1) is 0 Å². The number of nitrogens with one attached hydrogen (secondary N) is 2. The average molecular weight is 353 g/mol. The Kier molecular flexibility index (Phi) is 6.31. The molecular formula is C17H25ClN4O2. The zero-order chi connectivity index (χ0) is 17.7. The minimum Gasteiger partial charge on any atom is -0.368 e. The van der Waals surface area contributed by atoms with Gasteiger partial charge in [0.2, 0.25) is 5.91 Å². The lowest BCUT2D eigenvalue weighted by Crippen LogP contribution is -2.55. The first kappa shape index (κ1) is 18.4. The molecular weight excluding hydrogens is 328 g/mol. The summed E-state index contributed by atoms with van der Waals surface area (Å²) < 4.78 is 0. The highest BCUT2D eigenvalue weighted by molar-refractivity contribution is 6.30. The number of carbonyl (C=O) groups is 2. The van der Waals surface area contributed by atoms with Gasteiger partial charge in [0.1, 0.15) is 6.04 Å². The third-order valence-electron chi connectivity index (χ3n) is 3.92. The molecule has 7 heteroatoms. The van der Waals surface area contributed by atoms with Crippen LogP contribution in [0.1, 0.15) is 20.8 Å². The zero-order valence-electron chi connectivity index (χ0n) is 14.4. The van der Waals surface area contributed by atoms with Crippen molar-refractivity contribution in [1.29, 1.82) is 0 Å². The number of halogens is 1. The third-order valence-corrected chi connectivity index (χ3v) is 4.17. The monoisotopic (exact) mass is 352 g/mol. The number of nitrogens with zero attached hydrogens (tertiary/aromatic N) is 2. The summed E-state index contributed by atoms with van der Waals surface area (Å²) in [7, 11) is 0. The van der Waals surface area contributed by atoms with Gasteiger partial charge in [-0.05, 0) is 45.0 Å². The number of piperazine rings is 1. The SMILES string of the molecule is CC(C)NC(=O)[C@@H](C)NC(=O)N1CCN(c2ccc(Cl)cc2)CC1.